The highest BCUT2D eigenvalue weighted by Gasteiger charge is 2.30. The van der Waals surface area contributed by atoms with Crippen molar-refractivity contribution in [3.05, 3.63) is 53.4 Å². The van der Waals surface area contributed by atoms with E-state index in [1.807, 2.05) is 13.8 Å². The molecule has 2 aromatic rings. The maximum absolute atomic E-state index is 12.5. The number of carbonyl (C=O) groups excluding carboxylic acids is 1. The fraction of sp³-hybridized carbons (Fsp3) is 0.312. The Morgan fingerprint density at radius 1 is 1.38 bits per heavy atom. The Hall–Kier alpha value is -2.88. The minimum Gasteiger partial charge on any atom is -0.467 e. The molecule has 3 rings (SSSR count). The number of nitrogens with zero attached hydrogens (tertiary/aromatic N) is 4. The van der Waals surface area contributed by atoms with Gasteiger partial charge in [0.2, 0.25) is 0 Å². The lowest BCUT2D eigenvalue weighted by Crippen LogP contribution is -2.38. The largest absolute Gasteiger partial charge is 0.467 e. The molecule has 138 valence electrons. The van der Waals surface area contributed by atoms with Crippen LogP contribution >= 0.6 is 0 Å². The SMILES string of the molecule is CCn1ncc(C2=NS(=O)(=O)N(C)C(C(=O)NCc3ccco3)=C2)c1C. The van der Waals surface area contributed by atoms with Crippen LogP contribution in [-0.2, 0) is 28.1 Å². The summed E-state index contributed by atoms with van der Waals surface area (Å²) in [4.78, 5) is 12.5. The minimum absolute atomic E-state index is 0.0230. The highest BCUT2D eigenvalue weighted by molar-refractivity contribution is 7.88. The zero-order valence-electron chi connectivity index (χ0n) is 14.6. The van der Waals surface area contributed by atoms with Crippen LogP contribution in [0.15, 0.2) is 45.2 Å². The van der Waals surface area contributed by atoms with E-state index in [0.717, 1.165) is 10.00 Å². The van der Waals surface area contributed by atoms with Crippen LogP contribution in [0.5, 0.6) is 0 Å². The van der Waals surface area contributed by atoms with Crippen molar-refractivity contribution in [3.63, 3.8) is 0 Å². The summed E-state index contributed by atoms with van der Waals surface area (Å²) in [5.74, 6) is 0.0228. The second kappa shape index (κ2) is 6.79. The molecule has 3 heterocycles. The monoisotopic (exact) mass is 377 g/mol. The van der Waals surface area contributed by atoms with Gasteiger partial charge in [-0.2, -0.15) is 13.5 Å². The third-order valence-corrected chi connectivity index (χ3v) is 5.40. The lowest BCUT2D eigenvalue weighted by molar-refractivity contribution is -0.118. The number of furan rings is 1. The first-order chi connectivity index (χ1) is 12.3. The van der Waals surface area contributed by atoms with Gasteiger partial charge in [0, 0.05) is 24.8 Å². The summed E-state index contributed by atoms with van der Waals surface area (Å²) in [6, 6.07) is 3.42. The van der Waals surface area contributed by atoms with Crippen molar-refractivity contribution < 1.29 is 17.6 Å². The molecule has 0 aliphatic carbocycles. The zero-order valence-corrected chi connectivity index (χ0v) is 15.4. The topological polar surface area (TPSA) is 110 Å². The highest BCUT2D eigenvalue weighted by atomic mass is 32.2. The molecule has 0 saturated heterocycles. The summed E-state index contributed by atoms with van der Waals surface area (Å²) in [5.41, 5.74) is 1.51. The third kappa shape index (κ3) is 3.27. The van der Waals surface area contributed by atoms with Crippen LogP contribution < -0.4 is 5.32 Å². The van der Waals surface area contributed by atoms with Crippen molar-refractivity contribution in [2.75, 3.05) is 7.05 Å². The number of likely N-dealkylation sites (N-methyl/N-ethyl adjacent to an activating group) is 1. The van der Waals surface area contributed by atoms with Gasteiger partial charge >= 0.3 is 10.2 Å². The first-order valence-corrected chi connectivity index (χ1v) is 9.37. The summed E-state index contributed by atoms with van der Waals surface area (Å²) < 4.78 is 36.3. The second-order valence-electron chi connectivity index (χ2n) is 5.67. The van der Waals surface area contributed by atoms with E-state index in [1.165, 1.54) is 19.4 Å². The van der Waals surface area contributed by atoms with Crippen LogP contribution in [0.1, 0.15) is 23.9 Å². The molecule has 0 bridgehead atoms. The zero-order chi connectivity index (χ0) is 18.9. The van der Waals surface area contributed by atoms with E-state index in [2.05, 4.69) is 14.8 Å². The Morgan fingerprint density at radius 2 is 2.15 bits per heavy atom. The van der Waals surface area contributed by atoms with Crippen LogP contribution in [0.2, 0.25) is 0 Å². The minimum atomic E-state index is -4.01. The van der Waals surface area contributed by atoms with E-state index < -0.39 is 16.1 Å². The van der Waals surface area contributed by atoms with Crippen molar-refractivity contribution in [2.24, 2.45) is 4.40 Å². The predicted molar refractivity (Wildman–Crippen MR) is 94.5 cm³/mol. The van der Waals surface area contributed by atoms with Gasteiger partial charge in [-0.25, -0.2) is 4.31 Å². The molecule has 1 N–H and O–H groups in total. The Kier molecular flexibility index (Phi) is 4.68. The molecule has 0 spiro atoms. The molecule has 1 amide bonds. The number of hydrogen-bond donors (Lipinski definition) is 1. The van der Waals surface area contributed by atoms with E-state index in [0.29, 0.717) is 17.9 Å². The van der Waals surface area contributed by atoms with Crippen LogP contribution in [0.3, 0.4) is 0 Å². The lowest BCUT2D eigenvalue weighted by Gasteiger charge is -2.23. The molecular weight excluding hydrogens is 358 g/mol. The fourth-order valence-corrected chi connectivity index (χ4v) is 3.49. The van der Waals surface area contributed by atoms with Crippen LogP contribution in [-0.4, -0.2) is 41.2 Å². The highest BCUT2D eigenvalue weighted by Crippen LogP contribution is 2.21. The number of aromatic nitrogens is 2. The summed E-state index contributed by atoms with van der Waals surface area (Å²) in [5, 5.41) is 6.84. The van der Waals surface area contributed by atoms with Gasteiger partial charge in [-0.3, -0.25) is 9.48 Å². The average Bonchev–Trinajstić information content (AvgIpc) is 3.24. The van der Waals surface area contributed by atoms with Crippen molar-refractivity contribution in [1.82, 2.24) is 19.4 Å². The van der Waals surface area contributed by atoms with Crippen LogP contribution in [0.4, 0.5) is 0 Å². The first-order valence-electron chi connectivity index (χ1n) is 7.97. The van der Waals surface area contributed by atoms with Crippen molar-refractivity contribution >= 4 is 21.8 Å². The molecule has 9 nitrogen and oxygen atoms in total. The maximum Gasteiger partial charge on any atom is 0.345 e. The number of aryl methyl sites for hydroxylation is 1. The maximum atomic E-state index is 12.5. The molecule has 0 atom stereocenters. The van der Waals surface area contributed by atoms with Gasteiger partial charge < -0.3 is 9.73 Å². The van der Waals surface area contributed by atoms with Gasteiger partial charge in [-0.05, 0) is 32.1 Å². The average molecular weight is 377 g/mol. The van der Waals surface area contributed by atoms with Gasteiger partial charge in [-0.1, -0.05) is 0 Å². The van der Waals surface area contributed by atoms with E-state index in [4.69, 9.17) is 4.42 Å². The molecule has 2 aromatic heterocycles. The summed E-state index contributed by atoms with van der Waals surface area (Å²) in [6.07, 6.45) is 4.49. The van der Waals surface area contributed by atoms with Gasteiger partial charge in [0.25, 0.3) is 5.91 Å². The number of nitrogens with one attached hydrogen (secondary N) is 1. The van der Waals surface area contributed by atoms with Crippen LogP contribution in [0.25, 0.3) is 0 Å². The number of rotatable bonds is 5. The normalized spacial score (nSPS) is 16.2. The molecule has 1 aliphatic heterocycles. The number of allylic oxidation sites excluding steroid dienone is 1. The molecule has 0 aromatic carbocycles. The number of hydrogen-bond acceptors (Lipinski definition) is 5. The molecule has 1 aliphatic rings. The van der Waals surface area contributed by atoms with E-state index in [-0.39, 0.29) is 18.0 Å². The smallest absolute Gasteiger partial charge is 0.345 e. The van der Waals surface area contributed by atoms with E-state index >= 15 is 0 Å². The van der Waals surface area contributed by atoms with Crippen molar-refractivity contribution in [2.45, 2.75) is 26.9 Å². The molecule has 0 unspecified atom stereocenters. The van der Waals surface area contributed by atoms with Crippen molar-refractivity contribution in [3.8, 4) is 0 Å². The molecule has 0 saturated carbocycles. The van der Waals surface area contributed by atoms with Gasteiger partial charge in [-0.15, -0.1) is 4.40 Å². The molecule has 10 heteroatoms. The lowest BCUT2D eigenvalue weighted by atomic mass is 10.1. The van der Waals surface area contributed by atoms with Gasteiger partial charge in [0.05, 0.1) is 24.7 Å². The Bertz CT molecular complexity index is 986. The molecular formula is C16H19N5O4S. The predicted octanol–water partition coefficient (Wildman–Crippen LogP) is 0.984. The summed E-state index contributed by atoms with van der Waals surface area (Å²) in [7, 11) is -2.72. The van der Waals surface area contributed by atoms with E-state index in [9.17, 15) is 13.2 Å². The Morgan fingerprint density at radius 3 is 2.77 bits per heavy atom. The summed E-state index contributed by atoms with van der Waals surface area (Å²) in [6.45, 7) is 4.55. The Labute approximate surface area is 151 Å². The molecule has 0 fully saturated rings. The second-order valence-corrected chi connectivity index (χ2v) is 7.30. The molecule has 26 heavy (non-hydrogen) atoms. The van der Waals surface area contributed by atoms with Gasteiger partial charge in [0.1, 0.15) is 11.5 Å². The number of carbonyl (C=O) groups is 1. The van der Waals surface area contributed by atoms with Gasteiger partial charge in [0.15, 0.2) is 0 Å². The van der Waals surface area contributed by atoms with Crippen LogP contribution in [0, 0.1) is 6.92 Å². The molecule has 0 radical (unpaired) electrons. The summed E-state index contributed by atoms with van der Waals surface area (Å²) >= 11 is 0. The van der Waals surface area contributed by atoms with Crippen molar-refractivity contribution in [1.29, 1.82) is 0 Å². The quantitative estimate of drug-likeness (QED) is 0.835. The third-order valence-electron chi connectivity index (χ3n) is 4.09. The first kappa shape index (κ1) is 17.9. The number of amides is 1. The standard InChI is InChI=1S/C16H19N5O4S/c1-4-21-11(2)13(10-18-21)14-8-15(20(3)26(23,24)19-14)16(22)17-9-12-6-5-7-25-12/h5-8,10H,4,9H2,1-3H3,(H,17,22). The van der Waals surface area contributed by atoms with E-state index in [1.54, 1.807) is 23.0 Å². The Balaban J connectivity index is 1.92. The fourth-order valence-electron chi connectivity index (χ4n) is 2.58.